The maximum absolute atomic E-state index is 13.1. The first-order valence-electron chi connectivity index (χ1n) is 10.9. The third-order valence-corrected chi connectivity index (χ3v) is 6.22. The van der Waals surface area contributed by atoms with Gasteiger partial charge in [0.1, 0.15) is 5.82 Å². The van der Waals surface area contributed by atoms with Crippen molar-refractivity contribution in [2.24, 2.45) is 5.92 Å². The lowest BCUT2D eigenvalue weighted by atomic mass is 9.86. The summed E-state index contributed by atoms with van der Waals surface area (Å²) >= 11 is 0. The van der Waals surface area contributed by atoms with Gasteiger partial charge in [0.15, 0.2) is 5.82 Å². The molecule has 2 fully saturated rings. The van der Waals surface area contributed by atoms with E-state index in [0.29, 0.717) is 11.7 Å². The van der Waals surface area contributed by atoms with Crippen LogP contribution in [0.4, 0.5) is 5.82 Å². The number of aromatic nitrogens is 3. The number of anilines is 1. The quantitative estimate of drug-likeness (QED) is 0.789. The topological polar surface area (TPSA) is 62.2 Å². The van der Waals surface area contributed by atoms with Gasteiger partial charge in [-0.05, 0) is 37.8 Å². The molecule has 0 unspecified atom stereocenters. The summed E-state index contributed by atoms with van der Waals surface area (Å²) in [4.78, 5) is 31.0. The van der Waals surface area contributed by atoms with E-state index in [1.165, 1.54) is 19.3 Å². The summed E-state index contributed by atoms with van der Waals surface area (Å²) in [7, 11) is 4.00. The van der Waals surface area contributed by atoms with Crippen LogP contribution in [-0.2, 0) is 4.79 Å². The van der Waals surface area contributed by atoms with Crippen molar-refractivity contribution >= 4 is 11.7 Å². The maximum atomic E-state index is 13.1. The maximum Gasteiger partial charge on any atom is 0.225 e. The number of amides is 1. The highest BCUT2D eigenvalue weighted by Crippen LogP contribution is 2.32. The van der Waals surface area contributed by atoms with Crippen molar-refractivity contribution in [3.8, 4) is 11.4 Å². The molecule has 1 aliphatic carbocycles. The molecule has 0 bridgehead atoms. The minimum atomic E-state index is 0.233. The van der Waals surface area contributed by atoms with E-state index >= 15 is 0 Å². The molecule has 3 heterocycles. The van der Waals surface area contributed by atoms with Crippen molar-refractivity contribution in [1.82, 2.24) is 19.9 Å². The predicted molar refractivity (Wildman–Crippen MR) is 115 cm³/mol. The van der Waals surface area contributed by atoms with E-state index in [1.807, 2.05) is 31.1 Å². The smallest absolute Gasteiger partial charge is 0.225 e. The van der Waals surface area contributed by atoms with Gasteiger partial charge in [0.05, 0.1) is 5.69 Å². The lowest BCUT2D eigenvalue weighted by Crippen LogP contribution is -2.43. The molecule has 0 N–H and O–H groups in total. The van der Waals surface area contributed by atoms with Crippen molar-refractivity contribution in [2.45, 2.75) is 50.9 Å². The van der Waals surface area contributed by atoms with E-state index in [4.69, 9.17) is 9.97 Å². The highest BCUT2D eigenvalue weighted by atomic mass is 16.2. The Morgan fingerprint density at radius 1 is 1.10 bits per heavy atom. The predicted octanol–water partition coefficient (Wildman–Crippen LogP) is 3.89. The van der Waals surface area contributed by atoms with E-state index in [0.717, 1.165) is 55.8 Å². The van der Waals surface area contributed by atoms with Crippen molar-refractivity contribution in [1.29, 1.82) is 0 Å². The normalized spacial score (nSPS) is 20.5. The Kier molecular flexibility index (Phi) is 6.07. The zero-order chi connectivity index (χ0) is 20.2. The van der Waals surface area contributed by atoms with Crippen molar-refractivity contribution in [2.75, 3.05) is 32.1 Å². The molecule has 1 saturated carbocycles. The van der Waals surface area contributed by atoms with Crippen molar-refractivity contribution in [3.05, 3.63) is 36.3 Å². The first-order chi connectivity index (χ1) is 14.1. The molecule has 0 radical (unpaired) electrons. The second-order valence-corrected chi connectivity index (χ2v) is 8.57. The second-order valence-electron chi connectivity index (χ2n) is 8.57. The van der Waals surface area contributed by atoms with Crippen LogP contribution in [0.1, 0.15) is 56.6 Å². The number of likely N-dealkylation sites (tertiary alicyclic amines) is 1. The van der Waals surface area contributed by atoms with Gasteiger partial charge in [-0.15, -0.1) is 0 Å². The van der Waals surface area contributed by atoms with Crippen LogP contribution in [0.2, 0.25) is 0 Å². The summed E-state index contributed by atoms with van der Waals surface area (Å²) in [5.41, 5.74) is 1.95. The fourth-order valence-electron chi connectivity index (χ4n) is 4.54. The average Bonchev–Trinajstić information content (AvgIpc) is 2.79. The van der Waals surface area contributed by atoms with Crippen LogP contribution in [-0.4, -0.2) is 52.9 Å². The molecule has 1 aliphatic heterocycles. The fraction of sp³-hybridized carbons (Fsp3) is 0.565. The summed E-state index contributed by atoms with van der Waals surface area (Å²) in [6.07, 6.45) is 11.4. The van der Waals surface area contributed by atoms with E-state index in [9.17, 15) is 4.79 Å². The van der Waals surface area contributed by atoms with E-state index in [1.54, 1.807) is 12.4 Å². The summed E-state index contributed by atoms with van der Waals surface area (Å²) in [6, 6.07) is 5.98. The Morgan fingerprint density at radius 2 is 1.93 bits per heavy atom. The molecule has 1 atom stereocenters. The Bertz CT molecular complexity index is 832. The standard InChI is InChI=1S/C23H31N5O/c1-27(2)21-14-20(25-22(26-21)18-10-6-12-24-15-18)19-11-7-13-28(16-19)23(29)17-8-4-3-5-9-17/h6,10,12,14-15,17,19H,3-5,7-9,11,13,16H2,1-2H3/t19-/m0/s1. The molecule has 1 saturated heterocycles. The molecule has 1 amide bonds. The Labute approximate surface area is 173 Å². The van der Waals surface area contributed by atoms with Crippen LogP contribution in [0.25, 0.3) is 11.4 Å². The summed E-state index contributed by atoms with van der Waals surface area (Å²) in [5, 5.41) is 0. The van der Waals surface area contributed by atoms with E-state index in [-0.39, 0.29) is 11.8 Å². The molecular formula is C23H31N5O. The van der Waals surface area contributed by atoms with Gasteiger partial charge >= 0.3 is 0 Å². The van der Waals surface area contributed by atoms with Gasteiger partial charge in [0, 0.05) is 63.0 Å². The van der Waals surface area contributed by atoms with Gasteiger partial charge in [-0.1, -0.05) is 19.3 Å². The molecule has 0 aromatic carbocycles. The van der Waals surface area contributed by atoms with Crippen LogP contribution >= 0.6 is 0 Å². The molecule has 6 nitrogen and oxygen atoms in total. The number of piperidine rings is 1. The molecule has 29 heavy (non-hydrogen) atoms. The van der Waals surface area contributed by atoms with Crippen LogP contribution in [0, 0.1) is 5.92 Å². The Morgan fingerprint density at radius 3 is 2.66 bits per heavy atom. The second kappa shape index (κ2) is 8.89. The van der Waals surface area contributed by atoms with Crippen LogP contribution < -0.4 is 4.90 Å². The number of carbonyl (C=O) groups is 1. The minimum absolute atomic E-state index is 0.233. The van der Waals surface area contributed by atoms with Gasteiger partial charge in [-0.25, -0.2) is 9.97 Å². The summed E-state index contributed by atoms with van der Waals surface area (Å²) in [5.74, 6) is 2.45. The molecule has 2 aromatic heterocycles. The third-order valence-electron chi connectivity index (χ3n) is 6.22. The Hall–Kier alpha value is -2.50. The number of hydrogen-bond donors (Lipinski definition) is 0. The molecule has 0 spiro atoms. The molecule has 2 aliphatic rings. The van der Waals surface area contributed by atoms with Crippen molar-refractivity contribution < 1.29 is 4.79 Å². The Balaban J connectivity index is 1.58. The van der Waals surface area contributed by atoms with Gasteiger partial charge in [0.25, 0.3) is 0 Å². The van der Waals surface area contributed by atoms with Gasteiger partial charge in [0.2, 0.25) is 5.91 Å². The molecule has 2 aromatic rings. The number of rotatable bonds is 4. The molecular weight excluding hydrogens is 362 g/mol. The number of nitrogens with zero attached hydrogens (tertiary/aromatic N) is 5. The van der Waals surface area contributed by atoms with Crippen LogP contribution in [0.3, 0.4) is 0 Å². The number of hydrogen-bond acceptors (Lipinski definition) is 5. The van der Waals surface area contributed by atoms with Gasteiger partial charge < -0.3 is 9.80 Å². The summed E-state index contributed by atoms with van der Waals surface area (Å²) in [6.45, 7) is 1.65. The van der Waals surface area contributed by atoms with Gasteiger partial charge in [-0.3, -0.25) is 9.78 Å². The van der Waals surface area contributed by atoms with Crippen LogP contribution in [0.5, 0.6) is 0 Å². The average molecular weight is 394 g/mol. The third kappa shape index (κ3) is 4.57. The molecule has 154 valence electrons. The highest BCUT2D eigenvalue weighted by molar-refractivity contribution is 5.79. The lowest BCUT2D eigenvalue weighted by Gasteiger charge is -2.36. The number of carbonyl (C=O) groups excluding carboxylic acids is 1. The fourth-order valence-corrected chi connectivity index (χ4v) is 4.54. The van der Waals surface area contributed by atoms with Crippen molar-refractivity contribution in [3.63, 3.8) is 0 Å². The first kappa shape index (κ1) is 19.8. The van der Waals surface area contributed by atoms with Crippen LogP contribution in [0.15, 0.2) is 30.6 Å². The zero-order valence-corrected chi connectivity index (χ0v) is 17.5. The highest BCUT2D eigenvalue weighted by Gasteiger charge is 2.31. The van der Waals surface area contributed by atoms with E-state index < -0.39 is 0 Å². The lowest BCUT2D eigenvalue weighted by molar-refractivity contribution is -0.137. The van der Waals surface area contributed by atoms with E-state index in [2.05, 4.69) is 16.0 Å². The zero-order valence-electron chi connectivity index (χ0n) is 17.5. The largest absolute Gasteiger partial charge is 0.363 e. The number of pyridine rings is 1. The van der Waals surface area contributed by atoms with Gasteiger partial charge in [-0.2, -0.15) is 0 Å². The SMILES string of the molecule is CN(C)c1cc([C@H]2CCCN(C(=O)C3CCCCC3)C2)nc(-c2cccnc2)n1. The summed E-state index contributed by atoms with van der Waals surface area (Å²) < 4.78 is 0. The minimum Gasteiger partial charge on any atom is -0.363 e. The molecule has 6 heteroatoms. The first-order valence-corrected chi connectivity index (χ1v) is 10.9. The monoisotopic (exact) mass is 393 g/mol. The molecule has 4 rings (SSSR count).